The van der Waals surface area contributed by atoms with Crippen molar-refractivity contribution in [3.63, 3.8) is 0 Å². The molecule has 3 rings (SSSR count). The molecular formula is C18H19NO4S. The molecule has 2 unspecified atom stereocenters. The highest BCUT2D eigenvalue weighted by molar-refractivity contribution is 7.85. The quantitative estimate of drug-likeness (QED) is 0.683. The van der Waals surface area contributed by atoms with Crippen LogP contribution in [0.25, 0.3) is 0 Å². The Hall–Kier alpha value is -2.18. The molecule has 2 aromatic rings. The molecule has 0 radical (unpaired) electrons. The molecule has 1 aliphatic rings. The Balaban J connectivity index is 2.10. The Morgan fingerprint density at radius 2 is 1.71 bits per heavy atom. The first-order valence-electron chi connectivity index (χ1n) is 7.78. The van der Waals surface area contributed by atoms with E-state index in [0.717, 1.165) is 11.1 Å². The first-order chi connectivity index (χ1) is 11.3. The molecule has 1 fully saturated rings. The van der Waals surface area contributed by atoms with Gasteiger partial charge in [0.2, 0.25) is 5.91 Å². The number of likely N-dealkylation sites (N-methyl/N-ethyl adjacent to an activating group) is 1. The zero-order valence-corrected chi connectivity index (χ0v) is 14.3. The van der Waals surface area contributed by atoms with Crippen molar-refractivity contribution in [2.45, 2.75) is 30.7 Å². The van der Waals surface area contributed by atoms with E-state index in [1.165, 1.54) is 12.1 Å². The van der Waals surface area contributed by atoms with Crippen LogP contribution >= 0.6 is 0 Å². The minimum atomic E-state index is -4.39. The molecule has 1 saturated heterocycles. The van der Waals surface area contributed by atoms with Gasteiger partial charge in [0.15, 0.2) is 0 Å². The van der Waals surface area contributed by atoms with Crippen LogP contribution in [0.2, 0.25) is 0 Å². The molecule has 0 saturated carbocycles. The number of rotatable bonds is 4. The fourth-order valence-corrected chi connectivity index (χ4v) is 4.06. The third kappa shape index (κ3) is 2.72. The number of hydrogen-bond donors (Lipinski definition) is 1. The fraction of sp³-hybridized carbons (Fsp3) is 0.278. The van der Waals surface area contributed by atoms with Gasteiger partial charge >= 0.3 is 0 Å². The van der Waals surface area contributed by atoms with Crippen molar-refractivity contribution in [1.82, 2.24) is 4.90 Å². The van der Waals surface area contributed by atoms with Gasteiger partial charge in [0.05, 0.1) is 16.9 Å². The highest BCUT2D eigenvalue weighted by Gasteiger charge is 2.49. The van der Waals surface area contributed by atoms with E-state index in [1.54, 1.807) is 17.0 Å². The Bertz CT molecular complexity index is 874. The van der Waals surface area contributed by atoms with Gasteiger partial charge in [0.25, 0.3) is 10.1 Å². The molecular weight excluding hydrogens is 326 g/mol. The summed E-state index contributed by atoms with van der Waals surface area (Å²) in [5, 5.41) is 0. The number of hydrogen-bond acceptors (Lipinski definition) is 3. The molecule has 126 valence electrons. The van der Waals surface area contributed by atoms with Crippen LogP contribution in [-0.4, -0.2) is 30.3 Å². The van der Waals surface area contributed by atoms with Crippen molar-refractivity contribution in [3.8, 4) is 0 Å². The highest BCUT2D eigenvalue weighted by Crippen LogP contribution is 2.47. The summed E-state index contributed by atoms with van der Waals surface area (Å²) >= 11 is 0. The Morgan fingerprint density at radius 3 is 2.29 bits per heavy atom. The van der Waals surface area contributed by atoms with Crippen molar-refractivity contribution in [3.05, 3.63) is 65.2 Å². The van der Waals surface area contributed by atoms with Gasteiger partial charge in [-0.2, -0.15) is 8.42 Å². The molecule has 1 amide bonds. The predicted octanol–water partition coefficient (Wildman–Crippen LogP) is 2.93. The second-order valence-electron chi connectivity index (χ2n) is 5.97. The molecule has 1 heterocycles. The standard InChI is InChI=1S/C18H19NO4S/c1-3-19-17(13-10-8-12(2)9-11-13)16(18(19)20)14-6-4-5-7-15(14)24(21,22)23/h4-11,16-17H,3H2,1-2H3,(H,21,22,23). The second kappa shape index (κ2) is 6.03. The van der Waals surface area contributed by atoms with Gasteiger partial charge in [-0.05, 0) is 31.0 Å². The number of carbonyl (C=O) groups excluding carboxylic acids is 1. The van der Waals surface area contributed by atoms with E-state index in [2.05, 4.69) is 0 Å². The Kier molecular flexibility index (Phi) is 4.19. The van der Waals surface area contributed by atoms with Crippen LogP contribution in [0.3, 0.4) is 0 Å². The molecule has 24 heavy (non-hydrogen) atoms. The van der Waals surface area contributed by atoms with Gasteiger partial charge in [-0.25, -0.2) is 0 Å². The number of β-lactam (4-membered cyclic amide) rings is 1. The summed E-state index contributed by atoms with van der Waals surface area (Å²) < 4.78 is 32.8. The monoisotopic (exact) mass is 345 g/mol. The van der Waals surface area contributed by atoms with Crippen LogP contribution in [0.4, 0.5) is 0 Å². The SMILES string of the molecule is CCN1C(=O)C(c2ccccc2S(=O)(=O)O)C1c1ccc(C)cc1. The zero-order valence-electron chi connectivity index (χ0n) is 13.5. The van der Waals surface area contributed by atoms with Gasteiger partial charge in [0, 0.05) is 6.54 Å². The molecule has 0 aliphatic carbocycles. The maximum Gasteiger partial charge on any atom is 0.294 e. The van der Waals surface area contributed by atoms with Crippen molar-refractivity contribution in [2.75, 3.05) is 6.54 Å². The predicted molar refractivity (Wildman–Crippen MR) is 90.3 cm³/mol. The van der Waals surface area contributed by atoms with Gasteiger partial charge in [0.1, 0.15) is 0 Å². The number of nitrogens with zero attached hydrogens (tertiary/aromatic N) is 1. The van der Waals surface area contributed by atoms with E-state index in [1.807, 2.05) is 38.1 Å². The summed E-state index contributed by atoms with van der Waals surface area (Å²) in [6.07, 6.45) is 0. The number of amides is 1. The lowest BCUT2D eigenvalue weighted by Gasteiger charge is -2.47. The average molecular weight is 345 g/mol. The van der Waals surface area contributed by atoms with Crippen LogP contribution in [-0.2, 0) is 14.9 Å². The molecule has 0 spiro atoms. The normalized spacial score (nSPS) is 20.8. The molecule has 6 heteroatoms. The summed E-state index contributed by atoms with van der Waals surface area (Å²) in [6, 6.07) is 13.8. The van der Waals surface area contributed by atoms with E-state index in [-0.39, 0.29) is 16.8 Å². The zero-order chi connectivity index (χ0) is 17.5. The van der Waals surface area contributed by atoms with Gasteiger partial charge < -0.3 is 4.90 Å². The van der Waals surface area contributed by atoms with Crippen LogP contribution in [0.5, 0.6) is 0 Å². The molecule has 5 nitrogen and oxygen atoms in total. The Labute approximate surface area is 141 Å². The molecule has 2 atom stereocenters. The lowest BCUT2D eigenvalue weighted by Crippen LogP contribution is -2.53. The highest BCUT2D eigenvalue weighted by atomic mass is 32.2. The molecule has 0 bridgehead atoms. The second-order valence-corrected chi connectivity index (χ2v) is 7.36. The molecule has 1 aliphatic heterocycles. The lowest BCUT2D eigenvalue weighted by molar-refractivity contribution is -0.150. The lowest BCUT2D eigenvalue weighted by atomic mass is 9.77. The van der Waals surface area contributed by atoms with Gasteiger partial charge in [-0.3, -0.25) is 9.35 Å². The number of benzene rings is 2. The van der Waals surface area contributed by atoms with Crippen molar-refractivity contribution in [2.24, 2.45) is 0 Å². The summed E-state index contributed by atoms with van der Waals surface area (Å²) in [5.74, 6) is -0.732. The third-order valence-electron chi connectivity index (χ3n) is 4.49. The van der Waals surface area contributed by atoms with E-state index in [0.29, 0.717) is 12.1 Å². The minimum Gasteiger partial charge on any atom is -0.334 e. The van der Waals surface area contributed by atoms with E-state index in [9.17, 15) is 17.8 Å². The molecule has 1 N–H and O–H groups in total. The number of aryl methyl sites for hydroxylation is 1. The topological polar surface area (TPSA) is 74.7 Å². The van der Waals surface area contributed by atoms with Crippen molar-refractivity contribution in [1.29, 1.82) is 0 Å². The number of likely N-dealkylation sites (tertiary alicyclic amines) is 1. The van der Waals surface area contributed by atoms with Crippen molar-refractivity contribution >= 4 is 16.0 Å². The maximum absolute atomic E-state index is 12.6. The number of carbonyl (C=O) groups is 1. The smallest absolute Gasteiger partial charge is 0.294 e. The van der Waals surface area contributed by atoms with Crippen LogP contribution in [0, 0.1) is 6.92 Å². The summed E-state index contributed by atoms with van der Waals surface area (Å²) in [7, 11) is -4.39. The molecule has 2 aromatic carbocycles. The van der Waals surface area contributed by atoms with Crippen LogP contribution in [0.1, 0.15) is 35.6 Å². The first kappa shape index (κ1) is 16.7. The Morgan fingerprint density at radius 1 is 1.08 bits per heavy atom. The van der Waals surface area contributed by atoms with E-state index < -0.39 is 16.0 Å². The third-order valence-corrected chi connectivity index (χ3v) is 5.42. The summed E-state index contributed by atoms with van der Waals surface area (Å²) in [4.78, 5) is 14.1. The minimum absolute atomic E-state index is 0.126. The van der Waals surface area contributed by atoms with Crippen molar-refractivity contribution < 1.29 is 17.8 Å². The first-order valence-corrected chi connectivity index (χ1v) is 9.22. The largest absolute Gasteiger partial charge is 0.334 e. The van der Waals surface area contributed by atoms with E-state index >= 15 is 0 Å². The summed E-state index contributed by atoms with van der Waals surface area (Å²) in [6.45, 7) is 4.42. The fourth-order valence-electron chi connectivity index (χ4n) is 3.31. The van der Waals surface area contributed by atoms with Crippen LogP contribution < -0.4 is 0 Å². The van der Waals surface area contributed by atoms with Crippen LogP contribution in [0.15, 0.2) is 53.4 Å². The van der Waals surface area contributed by atoms with Gasteiger partial charge in [-0.15, -0.1) is 0 Å². The summed E-state index contributed by atoms with van der Waals surface area (Å²) in [5.41, 5.74) is 2.42. The average Bonchev–Trinajstić information content (AvgIpc) is 2.53. The molecule has 0 aromatic heterocycles. The van der Waals surface area contributed by atoms with E-state index in [4.69, 9.17) is 0 Å². The maximum atomic E-state index is 12.6. The van der Waals surface area contributed by atoms with Gasteiger partial charge in [-0.1, -0.05) is 48.0 Å².